The summed E-state index contributed by atoms with van der Waals surface area (Å²) in [6, 6.07) is 3.30. The molecule has 2 heterocycles. The first-order valence-corrected chi connectivity index (χ1v) is 9.32. The third-order valence-electron chi connectivity index (χ3n) is 3.60. The molecule has 22 heavy (non-hydrogen) atoms. The van der Waals surface area contributed by atoms with Crippen LogP contribution in [0.2, 0.25) is 0 Å². The van der Waals surface area contributed by atoms with E-state index in [9.17, 15) is 13.2 Å². The highest BCUT2D eigenvalue weighted by Crippen LogP contribution is 2.19. The van der Waals surface area contributed by atoms with Crippen LogP contribution in [0.3, 0.4) is 0 Å². The maximum absolute atomic E-state index is 12.2. The quantitative estimate of drug-likeness (QED) is 0.783. The standard InChI is InChI=1S/C13H21N3O3S2.ClH/c1-16(21(18,19)12-3-2-10-20-12)9-8-15-13(17)11-4-6-14-7-5-11;/h2-3,10-11,14H,4-9H2,1H3,(H,15,17);1H. The number of carbonyl (C=O) groups is 1. The monoisotopic (exact) mass is 367 g/mol. The number of rotatable bonds is 6. The van der Waals surface area contributed by atoms with Crippen LogP contribution in [0, 0.1) is 5.92 Å². The van der Waals surface area contributed by atoms with Gasteiger partial charge in [0.25, 0.3) is 10.0 Å². The molecule has 0 aromatic carbocycles. The Morgan fingerprint density at radius 2 is 2.14 bits per heavy atom. The number of nitrogens with one attached hydrogen (secondary N) is 2. The molecule has 1 aliphatic rings. The fourth-order valence-electron chi connectivity index (χ4n) is 2.25. The third kappa shape index (κ3) is 4.92. The number of piperidine rings is 1. The minimum atomic E-state index is -3.43. The van der Waals surface area contributed by atoms with Gasteiger partial charge in [-0.3, -0.25) is 4.79 Å². The van der Waals surface area contributed by atoms with E-state index in [2.05, 4.69) is 10.6 Å². The van der Waals surface area contributed by atoms with Crippen LogP contribution in [0.5, 0.6) is 0 Å². The highest BCUT2D eigenvalue weighted by atomic mass is 35.5. The summed E-state index contributed by atoms with van der Waals surface area (Å²) in [5.41, 5.74) is 0. The highest BCUT2D eigenvalue weighted by Gasteiger charge is 2.23. The number of thiophene rings is 1. The van der Waals surface area contributed by atoms with E-state index in [4.69, 9.17) is 0 Å². The molecule has 1 saturated heterocycles. The van der Waals surface area contributed by atoms with Gasteiger partial charge in [-0.2, -0.15) is 4.31 Å². The fourth-order valence-corrected chi connectivity index (χ4v) is 4.62. The summed E-state index contributed by atoms with van der Waals surface area (Å²) in [4.78, 5) is 12.0. The normalized spacial score (nSPS) is 16.3. The van der Waals surface area contributed by atoms with Crippen LogP contribution >= 0.6 is 23.7 Å². The largest absolute Gasteiger partial charge is 0.355 e. The van der Waals surface area contributed by atoms with Gasteiger partial charge in [0, 0.05) is 26.1 Å². The molecule has 1 aliphatic heterocycles. The summed E-state index contributed by atoms with van der Waals surface area (Å²) in [6.45, 7) is 2.34. The van der Waals surface area contributed by atoms with Gasteiger partial charge in [0.15, 0.2) is 0 Å². The van der Waals surface area contributed by atoms with E-state index < -0.39 is 10.0 Å². The lowest BCUT2D eigenvalue weighted by molar-refractivity contribution is -0.125. The number of carbonyl (C=O) groups excluding carboxylic acids is 1. The van der Waals surface area contributed by atoms with Crippen LogP contribution in [0.1, 0.15) is 12.8 Å². The van der Waals surface area contributed by atoms with E-state index in [0.29, 0.717) is 10.8 Å². The molecule has 1 aromatic rings. The van der Waals surface area contributed by atoms with E-state index in [0.717, 1.165) is 25.9 Å². The zero-order valence-corrected chi connectivity index (χ0v) is 14.9. The molecule has 0 radical (unpaired) electrons. The maximum Gasteiger partial charge on any atom is 0.252 e. The molecule has 2 N–H and O–H groups in total. The van der Waals surface area contributed by atoms with Gasteiger partial charge in [0.05, 0.1) is 0 Å². The first kappa shape index (κ1) is 19.4. The smallest absolute Gasteiger partial charge is 0.252 e. The molecule has 9 heteroatoms. The molecule has 2 rings (SSSR count). The first-order chi connectivity index (χ1) is 10.0. The van der Waals surface area contributed by atoms with Gasteiger partial charge in [0.2, 0.25) is 5.91 Å². The van der Waals surface area contributed by atoms with Gasteiger partial charge >= 0.3 is 0 Å². The molecular weight excluding hydrogens is 346 g/mol. The minimum absolute atomic E-state index is 0. The Bertz CT molecular complexity index is 557. The minimum Gasteiger partial charge on any atom is -0.355 e. The van der Waals surface area contributed by atoms with Gasteiger partial charge in [-0.15, -0.1) is 23.7 Å². The predicted molar refractivity (Wildman–Crippen MR) is 90.0 cm³/mol. The zero-order chi connectivity index (χ0) is 15.3. The van der Waals surface area contributed by atoms with Crippen molar-refractivity contribution in [2.24, 2.45) is 5.92 Å². The van der Waals surface area contributed by atoms with E-state index in [1.165, 1.54) is 22.7 Å². The summed E-state index contributed by atoms with van der Waals surface area (Å²) in [5, 5.41) is 7.78. The average molecular weight is 368 g/mol. The zero-order valence-electron chi connectivity index (χ0n) is 12.4. The maximum atomic E-state index is 12.2. The second-order valence-corrected chi connectivity index (χ2v) is 8.29. The molecule has 0 bridgehead atoms. The summed E-state index contributed by atoms with van der Waals surface area (Å²) >= 11 is 1.20. The van der Waals surface area contributed by atoms with Crippen LogP contribution in [-0.2, 0) is 14.8 Å². The van der Waals surface area contributed by atoms with Crippen molar-refractivity contribution in [3.63, 3.8) is 0 Å². The number of hydrogen-bond acceptors (Lipinski definition) is 5. The van der Waals surface area contributed by atoms with Crippen LogP contribution in [0.15, 0.2) is 21.7 Å². The number of sulfonamides is 1. The Kier molecular flexibility index (Phi) is 7.78. The van der Waals surface area contributed by atoms with Gasteiger partial charge in [-0.1, -0.05) is 6.07 Å². The van der Waals surface area contributed by atoms with E-state index >= 15 is 0 Å². The van der Waals surface area contributed by atoms with Gasteiger partial charge in [0.1, 0.15) is 4.21 Å². The second kappa shape index (κ2) is 8.83. The van der Waals surface area contributed by atoms with Crippen LogP contribution in [0.4, 0.5) is 0 Å². The number of likely N-dealkylation sites (N-methyl/N-ethyl adjacent to an activating group) is 1. The average Bonchev–Trinajstić information content (AvgIpc) is 3.02. The van der Waals surface area contributed by atoms with Crippen molar-refractivity contribution >= 4 is 39.7 Å². The fraction of sp³-hybridized carbons (Fsp3) is 0.615. The summed E-state index contributed by atoms with van der Waals surface area (Å²) in [7, 11) is -1.89. The molecule has 1 aromatic heterocycles. The molecule has 0 spiro atoms. The highest BCUT2D eigenvalue weighted by molar-refractivity contribution is 7.91. The van der Waals surface area contributed by atoms with Crippen molar-refractivity contribution in [2.45, 2.75) is 17.1 Å². The van der Waals surface area contributed by atoms with Gasteiger partial charge in [-0.05, 0) is 37.4 Å². The molecule has 0 aliphatic carbocycles. The van der Waals surface area contributed by atoms with Crippen LogP contribution in [0.25, 0.3) is 0 Å². The molecule has 1 fully saturated rings. The molecule has 0 saturated carbocycles. The van der Waals surface area contributed by atoms with E-state index in [1.807, 2.05) is 0 Å². The van der Waals surface area contributed by atoms with Crippen molar-refractivity contribution in [3.05, 3.63) is 17.5 Å². The molecule has 126 valence electrons. The molecule has 1 amide bonds. The van der Waals surface area contributed by atoms with E-state index in [1.54, 1.807) is 17.5 Å². The Morgan fingerprint density at radius 3 is 2.73 bits per heavy atom. The van der Waals surface area contributed by atoms with Crippen molar-refractivity contribution in [3.8, 4) is 0 Å². The molecule has 0 unspecified atom stereocenters. The first-order valence-electron chi connectivity index (χ1n) is 7.00. The lowest BCUT2D eigenvalue weighted by Gasteiger charge is -2.22. The van der Waals surface area contributed by atoms with Crippen molar-refractivity contribution in [2.75, 3.05) is 33.2 Å². The summed E-state index contributed by atoms with van der Waals surface area (Å²) in [6.07, 6.45) is 1.68. The number of halogens is 1. The van der Waals surface area contributed by atoms with Crippen LogP contribution < -0.4 is 10.6 Å². The molecular formula is C13H22ClN3O3S2. The number of nitrogens with zero attached hydrogens (tertiary/aromatic N) is 1. The van der Waals surface area contributed by atoms with Gasteiger partial charge < -0.3 is 10.6 Å². The third-order valence-corrected chi connectivity index (χ3v) is 6.83. The predicted octanol–water partition coefficient (Wildman–Crippen LogP) is 0.906. The SMILES string of the molecule is CN(CCNC(=O)C1CCNCC1)S(=O)(=O)c1cccs1.Cl. The molecule has 6 nitrogen and oxygen atoms in total. The molecule has 0 atom stereocenters. The number of hydrogen-bond donors (Lipinski definition) is 2. The lowest BCUT2D eigenvalue weighted by Crippen LogP contribution is -2.41. The summed E-state index contributed by atoms with van der Waals surface area (Å²) in [5.74, 6) is 0.0730. The number of amides is 1. The second-order valence-electron chi connectivity index (χ2n) is 5.07. The topological polar surface area (TPSA) is 78.5 Å². The van der Waals surface area contributed by atoms with Crippen LogP contribution in [-0.4, -0.2) is 51.9 Å². The Morgan fingerprint density at radius 1 is 1.45 bits per heavy atom. The van der Waals surface area contributed by atoms with Crippen molar-refractivity contribution in [1.29, 1.82) is 0 Å². The van der Waals surface area contributed by atoms with Gasteiger partial charge in [-0.25, -0.2) is 8.42 Å². The van der Waals surface area contributed by atoms with Crippen molar-refractivity contribution < 1.29 is 13.2 Å². The Hall–Kier alpha value is -0.670. The Balaban J connectivity index is 0.00000242. The summed E-state index contributed by atoms with van der Waals surface area (Å²) < 4.78 is 26.0. The lowest BCUT2D eigenvalue weighted by atomic mass is 9.97. The Labute approximate surface area is 141 Å². The van der Waals surface area contributed by atoms with Crippen molar-refractivity contribution in [1.82, 2.24) is 14.9 Å². The van der Waals surface area contributed by atoms with E-state index in [-0.39, 0.29) is 30.8 Å².